The summed E-state index contributed by atoms with van der Waals surface area (Å²) in [6, 6.07) is 7.35. The molecule has 0 saturated carbocycles. The van der Waals surface area contributed by atoms with Crippen molar-refractivity contribution < 1.29 is 19.1 Å². The lowest BCUT2D eigenvalue weighted by Crippen LogP contribution is -2.54. The lowest BCUT2D eigenvalue weighted by molar-refractivity contribution is -0.140. The number of likely N-dealkylation sites (tertiary alicyclic amines) is 2. The first-order chi connectivity index (χ1) is 14.1. The Labute approximate surface area is 172 Å². The third-order valence-corrected chi connectivity index (χ3v) is 6.66. The fourth-order valence-electron chi connectivity index (χ4n) is 4.84. The van der Waals surface area contributed by atoms with E-state index in [1.54, 1.807) is 7.11 Å². The van der Waals surface area contributed by atoms with E-state index in [2.05, 4.69) is 5.32 Å². The van der Waals surface area contributed by atoms with Crippen LogP contribution < -0.4 is 10.1 Å². The van der Waals surface area contributed by atoms with Crippen molar-refractivity contribution >= 4 is 17.6 Å². The number of para-hydroxylation sites is 2. The predicted octanol–water partition coefficient (Wildman–Crippen LogP) is 3.11. The lowest BCUT2D eigenvalue weighted by Gasteiger charge is -2.47. The highest BCUT2D eigenvalue weighted by Gasteiger charge is 2.42. The smallest absolute Gasteiger partial charge is 0.321 e. The Balaban J connectivity index is 1.33. The predicted molar refractivity (Wildman–Crippen MR) is 110 cm³/mol. The standard InChI is InChI=1S/C22H31N3O4/c1-28-19-7-3-2-6-18(19)23-21(27)24-12-10-22(11-13-24)9-8-20(26)25(16-22)15-17-5-4-14-29-17/h2-3,6-7,17H,4-5,8-16H2,1H3,(H,23,27)/t17-/m0/s1. The molecule has 3 saturated heterocycles. The van der Waals surface area contributed by atoms with E-state index in [1.165, 1.54) is 0 Å². The van der Waals surface area contributed by atoms with Gasteiger partial charge in [0.25, 0.3) is 0 Å². The number of anilines is 1. The monoisotopic (exact) mass is 401 g/mol. The quantitative estimate of drug-likeness (QED) is 0.842. The minimum Gasteiger partial charge on any atom is -0.495 e. The van der Waals surface area contributed by atoms with Crippen LogP contribution in [0.15, 0.2) is 24.3 Å². The molecule has 0 aliphatic carbocycles. The molecule has 1 aromatic rings. The van der Waals surface area contributed by atoms with Crippen LogP contribution in [0, 0.1) is 5.41 Å². The summed E-state index contributed by atoms with van der Waals surface area (Å²) < 4.78 is 11.1. The fourth-order valence-corrected chi connectivity index (χ4v) is 4.84. The summed E-state index contributed by atoms with van der Waals surface area (Å²) in [6.45, 7) is 3.76. The molecule has 3 aliphatic rings. The van der Waals surface area contributed by atoms with E-state index in [-0.39, 0.29) is 23.5 Å². The number of amides is 3. The van der Waals surface area contributed by atoms with Gasteiger partial charge < -0.3 is 24.6 Å². The maximum atomic E-state index is 12.7. The largest absolute Gasteiger partial charge is 0.495 e. The Morgan fingerprint density at radius 1 is 1.28 bits per heavy atom. The topological polar surface area (TPSA) is 71.1 Å². The van der Waals surface area contributed by atoms with E-state index >= 15 is 0 Å². The van der Waals surface area contributed by atoms with Gasteiger partial charge in [-0.1, -0.05) is 12.1 Å². The highest BCUT2D eigenvalue weighted by atomic mass is 16.5. The van der Waals surface area contributed by atoms with Crippen LogP contribution in [0.25, 0.3) is 0 Å². The number of methoxy groups -OCH3 is 1. The molecule has 4 rings (SSSR count). The zero-order valence-corrected chi connectivity index (χ0v) is 17.2. The Morgan fingerprint density at radius 2 is 2.07 bits per heavy atom. The minimum atomic E-state index is -0.0903. The summed E-state index contributed by atoms with van der Waals surface area (Å²) in [6.07, 6.45) is 5.74. The highest BCUT2D eigenvalue weighted by molar-refractivity contribution is 5.91. The van der Waals surface area contributed by atoms with Crippen LogP contribution in [0.2, 0.25) is 0 Å². The molecule has 158 valence electrons. The molecule has 7 heteroatoms. The number of carbonyl (C=O) groups excluding carboxylic acids is 2. The van der Waals surface area contributed by atoms with Crippen molar-refractivity contribution in [1.29, 1.82) is 0 Å². The first kappa shape index (κ1) is 20.0. The van der Waals surface area contributed by atoms with E-state index in [0.29, 0.717) is 30.9 Å². The molecule has 29 heavy (non-hydrogen) atoms. The number of urea groups is 1. The average molecular weight is 402 g/mol. The van der Waals surface area contributed by atoms with E-state index in [9.17, 15) is 9.59 Å². The van der Waals surface area contributed by atoms with Crippen molar-refractivity contribution in [3.8, 4) is 5.75 Å². The number of carbonyl (C=O) groups is 2. The van der Waals surface area contributed by atoms with Crippen LogP contribution in [-0.4, -0.2) is 67.7 Å². The number of benzene rings is 1. The summed E-state index contributed by atoms with van der Waals surface area (Å²) >= 11 is 0. The normalized spacial score (nSPS) is 24.0. The van der Waals surface area contributed by atoms with Crippen LogP contribution >= 0.6 is 0 Å². The molecular formula is C22H31N3O4. The minimum absolute atomic E-state index is 0.0903. The maximum Gasteiger partial charge on any atom is 0.321 e. The van der Waals surface area contributed by atoms with Gasteiger partial charge in [0.05, 0.1) is 18.9 Å². The number of hydrogen-bond acceptors (Lipinski definition) is 4. The van der Waals surface area contributed by atoms with E-state index in [0.717, 1.165) is 51.8 Å². The zero-order valence-electron chi connectivity index (χ0n) is 17.2. The summed E-state index contributed by atoms with van der Waals surface area (Å²) in [5.74, 6) is 0.910. The van der Waals surface area contributed by atoms with Gasteiger partial charge in [-0.15, -0.1) is 0 Å². The third-order valence-electron chi connectivity index (χ3n) is 6.66. The van der Waals surface area contributed by atoms with Crippen LogP contribution in [-0.2, 0) is 9.53 Å². The lowest BCUT2D eigenvalue weighted by atomic mass is 9.72. The van der Waals surface area contributed by atoms with Crippen molar-refractivity contribution in [2.45, 2.75) is 44.6 Å². The molecule has 1 atom stereocenters. The Morgan fingerprint density at radius 3 is 2.79 bits per heavy atom. The molecule has 0 aromatic heterocycles. The van der Waals surface area contributed by atoms with Gasteiger partial charge in [-0.25, -0.2) is 4.79 Å². The van der Waals surface area contributed by atoms with Crippen LogP contribution in [0.5, 0.6) is 5.75 Å². The summed E-state index contributed by atoms with van der Waals surface area (Å²) in [4.78, 5) is 29.1. The van der Waals surface area contributed by atoms with Crippen LogP contribution in [0.1, 0.15) is 38.5 Å². The number of rotatable bonds is 4. The number of hydrogen-bond donors (Lipinski definition) is 1. The molecule has 3 amide bonds. The molecule has 3 heterocycles. The van der Waals surface area contributed by atoms with Crippen molar-refractivity contribution in [3.63, 3.8) is 0 Å². The second-order valence-corrected chi connectivity index (χ2v) is 8.53. The summed E-state index contributed by atoms with van der Waals surface area (Å²) in [7, 11) is 1.60. The number of nitrogens with one attached hydrogen (secondary N) is 1. The van der Waals surface area contributed by atoms with E-state index < -0.39 is 0 Å². The molecule has 1 aromatic carbocycles. The Bertz CT molecular complexity index is 739. The van der Waals surface area contributed by atoms with Gasteiger partial charge >= 0.3 is 6.03 Å². The average Bonchev–Trinajstić information content (AvgIpc) is 3.25. The maximum absolute atomic E-state index is 12.7. The first-order valence-corrected chi connectivity index (χ1v) is 10.7. The summed E-state index contributed by atoms with van der Waals surface area (Å²) in [5.41, 5.74) is 0.819. The molecule has 3 fully saturated rings. The van der Waals surface area contributed by atoms with Crippen LogP contribution in [0.4, 0.5) is 10.5 Å². The van der Waals surface area contributed by atoms with Gasteiger partial charge in [0.2, 0.25) is 5.91 Å². The van der Waals surface area contributed by atoms with Gasteiger partial charge in [-0.05, 0) is 49.7 Å². The van der Waals surface area contributed by atoms with E-state index in [4.69, 9.17) is 9.47 Å². The fraction of sp³-hybridized carbons (Fsp3) is 0.636. The van der Waals surface area contributed by atoms with Crippen molar-refractivity contribution in [2.24, 2.45) is 5.41 Å². The van der Waals surface area contributed by atoms with Gasteiger partial charge in [0.1, 0.15) is 5.75 Å². The molecule has 0 radical (unpaired) electrons. The molecule has 3 aliphatic heterocycles. The van der Waals surface area contributed by atoms with Gasteiger partial charge in [0, 0.05) is 39.2 Å². The first-order valence-electron chi connectivity index (χ1n) is 10.7. The Hall–Kier alpha value is -2.28. The van der Waals surface area contributed by atoms with Gasteiger partial charge in [-0.3, -0.25) is 4.79 Å². The number of nitrogens with zero attached hydrogens (tertiary/aromatic N) is 2. The molecule has 1 N–H and O–H groups in total. The second-order valence-electron chi connectivity index (χ2n) is 8.53. The van der Waals surface area contributed by atoms with Crippen molar-refractivity contribution in [1.82, 2.24) is 9.80 Å². The molecule has 0 bridgehead atoms. The summed E-state index contributed by atoms with van der Waals surface area (Å²) in [5, 5.41) is 2.97. The second kappa shape index (κ2) is 8.61. The van der Waals surface area contributed by atoms with Gasteiger partial charge in [-0.2, -0.15) is 0 Å². The molecular weight excluding hydrogens is 370 g/mol. The number of piperidine rings is 2. The van der Waals surface area contributed by atoms with E-state index in [1.807, 2.05) is 34.1 Å². The van der Waals surface area contributed by atoms with Gasteiger partial charge in [0.15, 0.2) is 0 Å². The SMILES string of the molecule is COc1ccccc1NC(=O)N1CCC2(CCC(=O)N(C[C@@H]3CCCO3)C2)CC1. The highest BCUT2D eigenvalue weighted by Crippen LogP contribution is 2.40. The molecule has 0 unspecified atom stereocenters. The third kappa shape index (κ3) is 4.50. The number of ether oxygens (including phenoxy) is 2. The zero-order chi connectivity index (χ0) is 20.3. The molecule has 7 nitrogen and oxygen atoms in total. The Kier molecular flexibility index (Phi) is 5.94. The van der Waals surface area contributed by atoms with Crippen LogP contribution in [0.3, 0.4) is 0 Å². The van der Waals surface area contributed by atoms with Crippen molar-refractivity contribution in [2.75, 3.05) is 45.2 Å². The van der Waals surface area contributed by atoms with Crippen molar-refractivity contribution in [3.05, 3.63) is 24.3 Å². The molecule has 1 spiro atoms.